The van der Waals surface area contributed by atoms with E-state index < -0.39 is 4.92 Å². The Bertz CT molecular complexity index is 849. The van der Waals surface area contributed by atoms with Crippen molar-refractivity contribution in [3.63, 3.8) is 0 Å². The molecule has 31 heavy (non-hydrogen) atoms. The number of unbranched alkanes of at least 4 members (excludes halogenated alkanes) is 1. The lowest BCUT2D eigenvalue weighted by molar-refractivity contribution is -0.384. The van der Waals surface area contributed by atoms with Gasteiger partial charge in [0.1, 0.15) is 5.70 Å². The molecule has 0 spiro atoms. The van der Waals surface area contributed by atoms with Crippen molar-refractivity contribution in [2.75, 3.05) is 32.8 Å². The largest absolute Gasteiger partial charge is 0.381 e. The zero-order valence-corrected chi connectivity index (χ0v) is 18.3. The van der Waals surface area contributed by atoms with E-state index >= 15 is 0 Å². The smallest absolute Gasteiger partial charge is 0.277 e. The first kappa shape index (κ1) is 22.9. The summed E-state index contributed by atoms with van der Waals surface area (Å²) in [6.45, 7) is 7.17. The van der Waals surface area contributed by atoms with Gasteiger partial charge in [-0.3, -0.25) is 24.6 Å². The number of amides is 2. The van der Waals surface area contributed by atoms with Gasteiger partial charge in [0.05, 0.1) is 10.5 Å². The average Bonchev–Trinajstić information content (AvgIpc) is 3.00. The van der Waals surface area contributed by atoms with Crippen LogP contribution in [0, 0.1) is 16.0 Å². The lowest BCUT2D eigenvalue weighted by Crippen LogP contribution is -2.39. The molecule has 2 amide bonds. The van der Waals surface area contributed by atoms with Crippen LogP contribution in [0.4, 0.5) is 5.69 Å². The number of rotatable bonds is 10. The SMILES string of the molecule is CCCCOCCCN1C(=O)C(c2ccc([N+](=O)[O-])cc2)=C(N2CCCC(C)C2)C1=O. The summed E-state index contributed by atoms with van der Waals surface area (Å²) in [5.74, 6) is -0.176. The van der Waals surface area contributed by atoms with Crippen LogP contribution >= 0.6 is 0 Å². The van der Waals surface area contributed by atoms with Gasteiger partial charge in [-0.05, 0) is 49.3 Å². The monoisotopic (exact) mass is 429 g/mol. The number of non-ortho nitro benzene ring substituents is 1. The summed E-state index contributed by atoms with van der Waals surface area (Å²) < 4.78 is 5.57. The van der Waals surface area contributed by atoms with E-state index in [-0.39, 0.29) is 17.5 Å². The third kappa shape index (κ3) is 5.31. The van der Waals surface area contributed by atoms with Gasteiger partial charge in [-0.2, -0.15) is 0 Å². The second-order valence-corrected chi connectivity index (χ2v) is 8.30. The van der Waals surface area contributed by atoms with Gasteiger partial charge in [-0.25, -0.2) is 0 Å². The number of hydrogen-bond acceptors (Lipinski definition) is 6. The van der Waals surface area contributed by atoms with Crippen molar-refractivity contribution in [2.24, 2.45) is 5.92 Å². The van der Waals surface area contributed by atoms with Crippen LogP contribution in [0.3, 0.4) is 0 Å². The fourth-order valence-corrected chi connectivity index (χ4v) is 4.14. The number of nitro groups is 1. The molecule has 0 aromatic heterocycles. The molecule has 0 radical (unpaired) electrons. The van der Waals surface area contributed by atoms with E-state index in [2.05, 4.69) is 13.8 Å². The molecule has 0 bridgehead atoms. The first-order valence-corrected chi connectivity index (χ1v) is 11.1. The van der Waals surface area contributed by atoms with Gasteiger partial charge in [0.25, 0.3) is 17.5 Å². The van der Waals surface area contributed by atoms with E-state index in [9.17, 15) is 19.7 Å². The van der Waals surface area contributed by atoms with Crippen LogP contribution in [0.25, 0.3) is 5.57 Å². The Labute approximate surface area is 183 Å². The predicted molar refractivity (Wildman–Crippen MR) is 117 cm³/mol. The van der Waals surface area contributed by atoms with Gasteiger partial charge < -0.3 is 9.64 Å². The maximum atomic E-state index is 13.3. The molecular formula is C23H31N3O5. The predicted octanol–water partition coefficient (Wildman–Crippen LogP) is 3.61. The highest BCUT2D eigenvalue weighted by molar-refractivity contribution is 6.35. The molecule has 168 valence electrons. The highest BCUT2D eigenvalue weighted by atomic mass is 16.6. The Morgan fingerprint density at radius 1 is 1.13 bits per heavy atom. The van der Waals surface area contributed by atoms with Gasteiger partial charge in [0.15, 0.2) is 0 Å². The summed E-state index contributed by atoms with van der Waals surface area (Å²) in [5, 5.41) is 11.0. The molecule has 1 atom stereocenters. The van der Waals surface area contributed by atoms with Crippen LogP contribution in [0.1, 0.15) is 51.5 Å². The maximum absolute atomic E-state index is 13.3. The third-order valence-corrected chi connectivity index (χ3v) is 5.80. The van der Waals surface area contributed by atoms with E-state index in [0.717, 1.165) is 38.8 Å². The zero-order valence-electron chi connectivity index (χ0n) is 18.3. The Morgan fingerprint density at radius 3 is 2.48 bits per heavy atom. The molecule has 1 aromatic rings. The van der Waals surface area contributed by atoms with E-state index in [1.807, 2.05) is 4.90 Å². The highest BCUT2D eigenvalue weighted by Gasteiger charge is 2.42. The highest BCUT2D eigenvalue weighted by Crippen LogP contribution is 2.34. The number of nitro benzene ring substituents is 1. The molecule has 1 unspecified atom stereocenters. The number of likely N-dealkylation sites (tertiary alicyclic amines) is 1. The first-order valence-electron chi connectivity index (χ1n) is 11.1. The van der Waals surface area contributed by atoms with Crippen molar-refractivity contribution in [3.05, 3.63) is 45.6 Å². The number of ether oxygens (including phenoxy) is 1. The summed E-state index contributed by atoms with van der Waals surface area (Å²) in [4.78, 5) is 40.4. The minimum atomic E-state index is -0.474. The summed E-state index contributed by atoms with van der Waals surface area (Å²) >= 11 is 0. The van der Waals surface area contributed by atoms with Crippen molar-refractivity contribution >= 4 is 23.1 Å². The number of carbonyl (C=O) groups excluding carboxylic acids is 2. The Balaban J connectivity index is 1.83. The van der Waals surface area contributed by atoms with E-state index in [4.69, 9.17) is 4.74 Å². The molecule has 3 rings (SSSR count). The van der Waals surface area contributed by atoms with Gasteiger partial charge in [0, 0.05) is 45.0 Å². The van der Waals surface area contributed by atoms with Crippen LogP contribution in [0.15, 0.2) is 30.0 Å². The normalized spacial score (nSPS) is 19.5. The van der Waals surface area contributed by atoms with Crippen molar-refractivity contribution in [2.45, 2.75) is 46.0 Å². The zero-order chi connectivity index (χ0) is 22.4. The van der Waals surface area contributed by atoms with Crippen LogP contribution in [-0.4, -0.2) is 59.4 Å². The molecule has 8 nitrogen and oxygen atoms in total. The number of hydrogen-bond donors (Lipinski definition) is 0. The summed E-state index contributed by atoms with van der Waals surface area (Å²) in [6.07, 6.45) is 4.69. The maximum Gasteiger partial charge on any atom is 0.277 e. The molecule has 1 aromatic carbocycles. The summed E-state index contributed by atoms with van der Waals surface area (Å²) in [5.41, 5.74) is 1.27. The van der Waals surface area contributed by atoms with Gasteiger partial charge in [0.2, 0.25) is 0 Å². The summed E-state index contributed by atoms with van der Waals surface area (Å²) in [6, 6.07) is 5.87. The third-order valence-electron chi connectivity index (χ3n) is 5.80. The standard InChI is InChI=1S/C23H31N3O5/c1-3-4-14-31-15-6-13-25-22(27)20(18-8-10-19(11-9-18)26(29)30)21(23(25)28)24-12-5-7-17(2)16-24/h8-11,17H,3-7,12-16H2,1-2H3. The molecule has 1 fully saturated rings. The Morgan fingerprint density at radius 2 is 1.84 bits per heavy atom. The van der Waals surface area contributed by atoms with Crippen molar-refractivity contribution in [1.29, 1.82) is 0 Å². The first-order chi connectivity index (χ1) is 14.9. The Kier molecular flexibility index (Phi) is 7.79. The van der Waals surface area contributed by atoms with Crippen molar-refractivity contribution in [1.82, 2.24) is 9.80 Å². The van der Waals surface area contributed by atoms with Crippen LogP contribution < -0.4 is 0 Å². The molecule has 8 heteroatoms. The fourth-order valence-electron chi connectivity index (χ4n) is 4.14. The van der Waals surface area contributed by atoms with Crippen molar-refractivity contribution < 1.29 is 19.2 Å². The van der Waals surface area contributed by atoms with Crippen LogP contribution in [-0.2, 0) is 14.3 Å². The number of carbonyl (C=O) groups is 2. The molecule has 0 aliphatic carbocycles. The van der Waals surface area contributed by atoms with E-state index in [0.29, 0.717) is 48.9 Å². The lowest BCUT2D eigenvalue weighted by atomic mass is 9.97. The van der Waals surface area contributed by atoms with E-state index in [1.165, 1.54) is 17.0 Å². The topological polar surface area (TPSA) is 93.0 Å². The minimum Gasteiger partial charge on any atom is -0.381 e. The number of benzene rings is 1. The molecule has 0 saturated carbocycles. The molecule has 2 aliphatic heterocycles. The van der Waals surface area contributed by atoms with Crippen molar-refractivity contribution in [3.8, 4) is 0 Å². The number of imide groups is 1. The molecule has 2 heterocycles. The molecular weight excluding hydrogens is 398 g/mol. The average molecular weight is 430 g/mol. The molecule has 0 N–H and O–H groups in total. The second kappa shape index (κ2) is 10.5. The van der Waals surface area contributed by atoms with Gasteiger partial charge in [-0.1, -0.05) is 20.3 Å². The Hall–Kier alpha value is -2.74. The van der Waals surface area contributed by atoms with Crippen LogP contribution in [0.2, 0.25) is 0 Å². The lowest BCUT2D eigenvalue weighted by Gasteiger charge is -2.33. The van der Waals surface area contributed by atoms with Crippen LogP contribution in [0.5, 0.6) is 0 Å². The fraction of sp³-hybridized carbons (Fsp3) is 0.565. The number of piperidine rings is 1. The number of nitrogens with zero attached hydrogens (tertiary/aromatic N) is 3. The molecule has 2 aliphatic rings. The quantitative estimate of drug-likeness (QED) is 0.244. The minimum absolute atomic E-state index is 0.0460. The van der Waals surface area contributed by atoms with E-state index in [1.54, 1.807) is 12.1 Å². The molecule has 1 saturated heterocycles. The second-order valence-electron chi connectivity index (χ2n) is 8.30. The van der Waals surface area contributed by atoms with Gasteiger partial charge in [-0.15, -0.1) is 0 Å². The summed E-state index contributed by atoms with van der Waals surface area (Å²) in [7, 11) is 0. The van der Waals surface area contributed by atoms with Gasteiger partial charge >= 0.3 is 0 Å².